The summed E-state index contributed by atoms with van der Waals surface area (Å²) in [6, 6.07) is 7.99. The van der Waals surface area contributed by atoms with E-state index in [2.05, 4.69) is 46.4 Å². The van der Waals surface area contributed by atoms with Crippen molar-refractivity contribution in [1.82, 2.24) is 20.4 Å². The molecule has 1 aromatic rings. The van der Waals surface area contributed by atoms with E-state index in [1.165, 1.54) is 18.0 Å². The number of likely N-dealkylation sites (N-methyl/N-ethyl adjacent to an activating group) is 1. The number of halogens is 1. The zero-order chi connectivity index (χ0) is 18.6. The SMILES string of the molecule is CCNC(=NCCN1CCN(CC)CC1)NCCSc1ccc(Cl)cc1. The van der Waals surface area contributed by atoms with Gasteiger partial charge in [-0.05, 0) is 37.7 Å². The number of hydrogen-bond acceptors (Lipinski definition) is 4. The molecule has 0 aromatic heterocycles. The minimum atomic E-state index is 0.783. The summed E-state index contributed by atoms with van der Waals surface area (Å²) in [5.41, 5.74) is 0. The van der Waals surface area contributed by atoms with Crippen molar-refractivity contribution in [3.63, 3.8) is 0 Å². The van der Waals surface area contributed by atoms with Gasteiger partial charge in [0.2, 0.25) is 0 Å². The zero-order valence-electron chi connectivity index (χ0n) is 16.0. The predicted octanol–water partition coefficient (Wildman–Crippen LogP) is 2.62. The first-order valence-corrected chi connectivity index (χ1v) is 10.9. The lowest BCUT2D eigenvalue weighted by molar-refractivity contribution is 0.140. The molecule has 1 fully saturated rings. The van der Waals surface area contributed by atoms with Gasteiger partial charge in [-0.25, -0.2) is 0 Å². The van der Waals surface area contributed by atoms with E-state index in [9.17, 15) is 0 Å². The summed E-state index contributed by atoms with van der Waals surface area (Å²) in [4.78, 5) is 11.0. The molecule has 2 rings (SSSR count). The van der Waals surface area contributed by atoms with Gasteiger partial charge in [0.05, 0.1) is 6.54 Å². The third-order valence-corrected chi connectivity index (χ3v) is 5.69. The van der Waals surface area contributed by atoms with Crippen molar-refractivity contribution < 1.29 is 0 Å². The van der Waals surface area contributed by atoms with Crippen molar-refractivity contribution in [2.75, 3.05) is 64.7 Å². The molecule has 146 valence electrons. The van der Waals surface area contributed by atoms with Gasteiger partial charge >= 0.3 is 0 Å². The molecule has 0 aliphatic carbocycles. The minimum Gasteiger partial charge on any atom is -0.357 e. The van der Waals surface area contributed by atoms with Gasteiger partial charge < -0.3 is 15.5 Å². The number of thioether (sulfide) groups is 1. The Bertz CT molecular complexity index is 529. The van der Waals surface area contributed by atoms with Gasteiger partial charge in [-0.3, -0.25) is 9.89 Å². The van der Waals surface area contributed by atoms with Crippen LogP contribution in [0, 0.1) is 0 Å². The highest BCUT2D eigenvalue weighted by atomic mass is 35.5. The van der Waals surface area contributed by atoms with Gasteiger partial charge in [-0.15, -0.1) is 11.8 Å². The van der Waals surface area contributed by atoms with Crippen molar-refractivity contribution in [3.8, 4) is 0 Å². The summed E-state index contributed by atoms with van der Waals surface area (Å²) in [5.74, 6) is 1.90. The number of guanidine groups is 1. The van der Waals surface area contributed by atoms with Crippen LogP contribution in [-0.4, -0.2) is 80.4 Å². The highest BCUT2D eigenvalue weighted by Crippen LogP contribution is 2.19. The smallest absolute Gasteiger partial charge is 0.191 e. The number of nitrogens with zero attached hydrogens (tertiary/aromatic N) is 3. The summed E-state index contributed by atoms with van der Waals surface area (Å²) in [6.07, 6.45) is 0. The first-order valence-electron chi connectivity index (χ1n) is 9.56. The lowest BCUT2D eigenvalue weighted by atomic mass is 10.3. The number of nitrogens with one attached hydrogen (secondary N) is 2. The largest absolute Gasteiger partial charge is 0.357 e. The third-order valence-electron chi connectivity index (χ3n) is 4.42. The molecule has 1 aromatic carbocycles. The molecule has 1 aliphatic rings. The van der Waals surface area contributed by atoms with Crippen LogP contribution in [0.25, 0.3) is 0 Å². The van der Waals surface area contributed by atoms with Gasteiger partial charge in [-0.1, -0.05) is 18.5 Å². The molecule has 5 nitrogen and oxygen atoms in total. The van der Waals surface area contributed by atoms with Crippen LogP contribution in [0.15, 0.2) is 34.2 Å². The highest BCUT2D eigenvalue weighted by molar-refractivity contribution is 7.99. The molecule has 0 saturated carbocycles. The minimum absolute atomic E-state index is 0.783. The maximum absolute atomic E-state index is 5.92. The summed E-state index contributed by atoms with van der Waals surface area (Å²) in [6.45, 7) is 13.8. The molecular formula is C19H32ClN5S. The second-order valence-electron chi connectivity index (χ2n) is 6.27. The molecule has 0 radical (unpaired) electrons. The van der Waals surface area contributed by atoms with E-state index in [0.717, 1.165) is 62.5 Å². The average Bonchev–Trinajstić information content (AvgIpc) is 2.67. The molecule has 2 N–H and O–H groups in total. The van der Waals surface area contributed by atoms with Crippen molar-refractivity contribution in [2.45, 2.75) is 18.7 Å². The number of hydrogen-bond donors (Lipinski definition) is 2. The molecule has 1 heterocycles. The lowest BCUT2D eigenvalue weighted by Crippen LogP contribution is -2.47. The standard InChI is InChI=1S/C19H32ClN5S/c1-3-21-19(22-9-11-25-14-12-24(4-2)13-15-25)23-10-16-26-18-7-5-17(20)6-8-18/h5-8H,3-4,9-16H2,1-2H3,(H2,21,22,23). The first-order chi connectivity index (χ1) is 12.7. The number of benzene rings is 1. The van der Waals surface area contributed by atoms with Crippen LogP contribution in [0.3, 0.4) is 0 Å². The van der Waals surface area contributed by atoms with E-state index in [0.29, 0.717) is 0 Å². The van der Waals surface area contributed by atoms with E-state index in [1.807, 2.05) is 23.9 Å². The fourth-order valence-electron chi connectivity index (χ4n) is 2.84. The Kier molecular flexibility index (Phi) is 10.2. The zero-order valence-corrected chi connectivity index (χ0v) is 17.6. The molecule has 0 amide bonds. The molecule has 1 saturated heterocycles. The summed E-state index contributed by atoms with van der Waals surface area (Å²) in [7, 11) is 0. The van der Waals surface area contributed by atoms with E-state index in [4.69, 9.17) is 16.6 Å². The lowest BCUT2D eigenvalue weighted by Gasteiger charge is -2.33. The van der Waals surface area contributed by atoms with Crippen molar-refractivity contribution in [2.24, 2.45) is 4.99 Å². The maximum Gasteiger partial charge on any atom is 0.191 e. The Hall–Kier alpha value is -0.950. The second-order valence-corrected chi connectivity index (χ2v) is 7.87. The fourth-order valence-corrected chi connectivity index (χ4v) is 3.74. The second kappa shape index (κ2) is 12.4. The van der Waals surface area contributed by atoms with Crippen LogP contribution in [0.1, 0.15) is 13.8 Å². The Morgan fingerprint density at radius 3 is 2.42 bits per heavy atom. The third kappa shape index (κ3) is 8.16. The van der Waals surface area contributed by atoms with Crippen molar-refractivity contribution in [3.05, 3.63) is 29.3 Å². The van der Waals surface area contributed by atoms with E-state index < -0.39 is 0 Å². The topological polar surface area (TPSA) is 42.9 Å². The molecule has 0 atom stereocenters. The Morgan fingerprint density at radius 1 is 1.08 bits per heavy atom. The normalized spacial score (nSPS) is 16.7. The van der Waals surface area contributed by atoms with Crippen LogP contribution in [0.2, 0.25) is 5.02 Å². The highest BCUT2D eigenvalue weighted by Gasteiger charge is 2.14. The maximum atomic E-state index is 5.92. The molecule has 7 heteroatoms. The quantitative estimate of drug-likeness (QED) is 0.290. The summed E-state index contributed by atoms with van der Waals surface area (Å²) in [5, 5.41) is 7.53. The Labute approximate surface area is 167 Å². The predicted molar refractivity (Wildman–Crippen MR) is 115 cm³/mol. The fraction of sp³-hybridized carbons (Fsp3) is 0.632. The van der Waals surface area contributed by atoms with Gasteiger partial charge in [0, 0.05) is 61.5 Å². The van der Waals surface area contributed by atoms with E-state index in [1.54, 1.807) is 0 Å². The Balaban J connectivity index is 1.65. The van der Waals surface area contributed by atoms with Crippen LogP contribution in [0.4, 0.5) is 0 Å². The summed E-state index contributed by atoms with van der Waals surface area (Å²) < 4.78 is 0. The number of aliphatic imine (C=N–C) groups is 1. The van der Waals surface area contributed by atoms with Gasteiger partial charge in [0.1, 0.15) is 0 Å². The summed E-state index contributed by atoms with van der Waals surface area (Å²) >= 11 is 7.74. The average molecular weight is 398 g/mol. The molecule has 26 heavy (non-hydrogen) atoms. The molecule has 1 aliphatic heterocycles. The van der Waals surface area contributed by atoms with E-state index >= 15 is 0 Å². The van der Waals surface area contributed by atoms with Crippen molar-refractivity contribution >= 4 is 29.3 Å². The van der Waals surface area contributed by atoms with E-state index in [-0.39, 0.29) is 0 Å². The number of rotatable bonds is 9. The van der Waals surface area contributed by atoms with Crippen LogP contribution >= 0.6 is 23.4 Å². The van der Waals surface area contributed by atoms with Gasteiger partial charge in [-0.2, -0.15) is 0 Å². The molecule has 0 bridgehead atoms. The molecule has 0 unspecified atom stereocenters. The molecular weight excluding hydrogens is 366 g/mol. The number of piperazine rings is 1. The van der Waals surface area contributed by atoms with Gasteiger partial charge in [0.25, 0.3) is 0 Å². The van der Waals surface area contributed by atoms with Crippen LogP contribution in [0.5, 0.6) is 0 Å². The van der Waals surface area contributed by atoms with Crippen molar-refractivity contribution in [1.29, 1.82) is 0 Å². The van der Waals surface area contributed by atoms with Crippen LogP contribution < -0.4 is 10.6 Å². The van der Waals surface area contributed by atoms with Gasteiger partial charge in [0.15, 0.2) is 5.96 Å². The Morgan fingerprint density at radius 2 is 1.77 bits per heavy atom. The molecule has 0 spiro atoms. The van der Waals surface area contributed by atoms with Crippen LogP contribution in [-0.2, 0) is 0 Å². The monoisotopic (exact) mass is 397 g/mol. The first kappa shape index (κ1) is 21.4.